The number of fused-ring (bicyclic) bond motifs is 5. The van der Waals surface area contributed by atoms with Crippen LogP contribution in [0.3, 0.4) is 0 Å². The molecule has 0 aromatic rings. The van der Waals surface area contributed by atoms with Crippen molar-refractivity contribution in [3.05, 3.63) is 11.6 Å². The van der Waals surface area contributed by atoms with E-state index in [2.05, 4.69) is 44.0 Å². The van der Waals surface area contributed by atoms with Crippen LogP contribution in [0.2, 0.25) is 0 Å². The molecule has 3 aliphatic carbocycles. The van der Waals surface area contributed by atoms with Gasteiger partial charge in [-0.1, -0.05) is 19.9 Å². The van der Waals surface area contributed by atoms with Crippen molar-refractivity contribution in [2.75, 3.05) is 0 Å². The van der Waals surface area contributed by atoms with Crippen LogP contribution in [0.25, 0.3) is 0 Å². The van der Waals surface area contributed by atoms with E-state index in [1.165, 1.54) is 12.8 Å². The fourth-order valence-corrected chi connectivity index (χ4v) is 8.34. The third kappa shape index (κ3) is 2.69. The maximum atomic E-state index is 13.6. The van der Waals surface area contributed by atoms with Gasteiger partial charge in [-0.15, -0.1) is 0 Å². The standard InChI is InChI=1S/C25H38N2O2/c1-15-5-6-16(2)27(15)23(29)20-9-8-18-17-7-10-21-25(4,14-12-22(28)26-21)19(17)11-13-24(18,20)3/h9,15-19,21H,5-8,10-14H2,1-4H3,(H,26,28)/t15?,16?,17-,18-,19-,21+,24-,25+/m0/s1. The van der Waals surface area contributed by atoms with E-state index in [0.29, 0.717) is 48.2 Å². The largest absolute Gasteiger partial charge is 0.353 e. The number of carbonyl (C=O) groups excluding carboxylic acids is 2. The molecule has 2 amide bonds. The van der Waals surface area contributed by atoms with Gasteiger partial charge >= 0.3 is 0 Å². The highest BCUT2D eigenvalue weighted by Crippen LogP contribution is 2.64. The summed E-state index contributed by atoms with van der Waals surface area (Å²) >= 11 is 0. The maximum Gasteiger partial charge on any atom is 0.250 e. The molecule has 2 heterocycles. The molecule has 4 nitrogen and oxygen atoms in total. The average Bonchev–Trinajstić information content (AvgIpc) is 3.20. The van der Waals surface area contributed by atoms with Crippen molar-refractivity contribution in [2.45, 2.75) is 104 Å². The highest BCUT2D eigenvalue weighted by molar-refractivity contribution is 5.96. The molecule has 0 aromatic carbocycles. The quantitative estimate of drug-likeness (QED) is 0.710. The van der Waals surface area contributed by atoms with Crippen molar-refractivity contribution in [1.29, 1.82) is 0 Å². The van der Waals surface area contributed by atoms with Gasteiger partial charge in [-0.2, -0.15) is 0 Å². The Kier molecular flexibility index (Phi) is 4.46. The lowest BCUT2D eigenvalue weighted by atomic mass is 9.47. The normalized spacial score (nSPS) is 49.0. The van der Waals surface area contributed by atoms with E-state index in [1.54, 1.807) is 0 Å². The van der Waals surface area contributed by atoms with Gasteiger partial charge in [-0.05, 0) is 88.4 Å². The minimum absolute atomic E-state index is 0.0430. The lowest BCUT2D eigenvalue weighted by Gasteiger charge is -2.60. The number of carbonyl (C=O) groups is 2. The number of piperidine rings is 1. The molecule has 2 aliphatic heterocycles. The minimum atomic E-state index is 0.0430. The first kappa shape index (κ1) is 19.6. The Balaban J connectivity index is 1.39. The van der Waals surface area contributed by atoms with Crippen LogP contribution in [0.5, 0.6) is 0 Å². The van der Waals surface area contributed by atoms with E-state index in [4.69, 9.17) is 0 Å². The molecule has 29 heavy (non-hydrogen) atoms. The molecular weight excluding hydrogens is 360 g/mol. The number of likely N-dealkylation sites (tertiary alicyclic amines) is 1. The van der Waals surface area contributed by atoms with Crippen molar-refractivity contribution < 1.29 is 9.59 Å². The Morgan fingerprint density at radius 2 is 1.76 bits per heavy atom. The zero-order valence-electron chi connectivity index (χ0n) is 18.7. The number of rotatable bonds is 1. The highest BCUT2D eigenvalue weighted by atomic mass is 16.2. The molecule has 160 valence electrons. The van der Waals surface area contributed by atoms with Crippen molar-refractivity contribution in [1.82, 2.24) is 10.2 Å². The number of nitrogens with zero attached hydrogens (tertiary/aromatic N) is 1. The topological polar surface area (TPSA) is 49.4 Å². The Labute approximate surface area is 175 Å². The number of amides is 2. The van der Waals surface area contributed by atoms with E-state index in [1.807, 2.05) is 0 Å². The summed E-state index contributed by atoms with van der Waals surface area (Å²) in [6, 6.07) is 1.10. The van der Waals surface area contributed by atoms with Gasteiger partial charge in [0.1, 0.15) is 0 Å². The lowest BCUT2D eigenvalue weighted by molar-refractivity contribution is -0.138. The molecule has 5 rings (SSSR count). The van der Waals surface area contributed by atoms with Gasteiger partial charge in [-0.25, -0.2) is 0 Å². The van der Waals surface area contributed by atoms with Gasteiger partial charge in [0.15, 0.2) is 0 Å². The molecule has 0 aromatic heterocycles. The molecular formula is C25H38N2O2. The summed E-state index contributed by atoms with van der Waals surface area (Å²) in [5.74, 6) is 2.56. The van der Waals surface area contributed by atoms with Gasteiger partial charge in [0, 0.05) is 35.5 Å². The molecule has 2 unspecified atom stereocenters. The maximum absolute atomic E-state index is 13.6. The summed E-state index contributed by atoms with van der Waals surface area (Å²) in [4.78, 5) is 27.8. The van der Waals surface area contributed by atoms with Crippen molar-refractivity contribution >= 4 is 11.8 Å². The average molecular weight is 399 g/mol. The SMILES string of the molecule is CC1CCC(C)N1C(=O)C1=CC[C@H]2[C@@H]3CC[C@H]4NC(=O)CC[C@]4(C)[C@H]3CC[C@]12C. The first-order valence-electron chi connectivity index (χ1n) is 12.1. The van der Waals surface area contributed by atoms with Crippen LogP contribution >= 0.6 is 0 Å². The van der Waals surface area contributed by atoms with Gasteiger partial charge in [0.25, 0.3) is 5.91 Å². The minimum Gasteiger partial charge on any atom is -0.353 e. The van der Waals surface area contributed by atoms with Gasteiger partial charge < -0.3 is 10.2 Å². The predicted octanol–water partition coefficient (Wildman–Crippen LogP) is 4.44. The number of hydrogen-bond acceptors (Lipinski definition) is 2. The molecule has 2 saturated carbocycles. The molecule has 8 atom stereocenters. The summed E-state index contributed by atoms with van der Waals surface area (Å²) in [6.45, 7) is 9.27. The Hall–Kier alpha value is -1.32. The third-order valence-corrected chi connectivity index (χ3v) is 10.1. The molecule has 4 fully saturated rings. The number of nitrogens with one attached hydrogen (secondary N) is 1. The smallest absolute Gasteiger partial charge is 0.250 e. The van der Waals surface area contributed by atoms with Crippen molar-refractivity contribution in [2.24, 2.45) is 28.6 Å². The Morgan fingerprint density at radius 1 is 1.03 bits per heavy atom. The van der Waals surface area contributed by atoms with Crippen LogP contribution in [-0.4, -0.2) is 34.8 Å². The zero-order valence-corrected chi connectivity index (χ0v) is 18.7. The Bertz CT molecular complexity index is 750. The van der Waals surface area contributed by atoms with Gasteiger partial charge in [-0.3, -0.25) is 9.59 Å². The summed E-state index contributed by atoms with van der Waals surface area (Å²) in [6.07, 6.45) is 12.0. The molecule has 2 saturated heterocycles. The van der Waals surface area contributed by atoms with E-state index in [9.17, 15) is 9.59 Å². The van der Waals surface area contributed by atoms with Gasteiger partial charge in [0.05, 0.1) is 0 Å². The summed E-state index contributed by atoms with van der Waals surface area (Å²) in [7, 11) is 0. The van der Waals surface area contributed by atoms with Crippen LogP contribution in [0.15, 0.2) is 11.6 Å². The van der Waals surface area contributed by atoms with E-state index in [0.717, 1.165) is 44.1 Å². The number of hydrogen-bond donors (Lipinski definition) is 1. The predicted molar refractivity (Wildman–Crippen MR) is 114 cm³/mol. The second-order valence-corrected chi connectivity index (χ2v) is 11.4. The van der Waals surface area contributed by atoms with Crippen LogP contribution in [0.1, 0.15) is 85.5 Å². The van der Waals surface area contributed by atoms with Crippen LogP contribution in [0, 0.1) is 28.6 Å². The summed E-state index contributed by atoms with van der Waals surface area (Å²) in [5, 5.41) is 3.32. The molecule has 0 bridgehead atoms. The lowest BCUT2D eigenvalue weighted by Crippen LogP contribution is -2.61. The van der Waals surface area contributed by atoms with Crippen LogP contribution in [0.4, 0.5) is 0 Å². The van der Waals surface area contributed by atoms with Crippen LogP contribution < -0.4 is 5.32 Å². The first-order valence-corrected chi connectivity index (χ1v) is 12.1. The molecule has 4 heteroatoms. The monoisotopic (exact) mass is 398 g/mol. The second-order valence-electron chi connectivity index (χ2n) is 11.4. The molecule has 0 spiro atoms. The zero-order chi connectivity index (χ0) is 20.6. The summed E-state index contributed by atoms with van der Waals surface area (Å²) < 4.78 is 0. The van der Waals surface area contributed by atoms with E-state index < -0.39 is 0 Å². The Morgan fingerprint density at radius 3 is 2.48 bits per heavy atom. The number of allylic oxidation sites excluding steroid dienone is 1. The van der Waals surface area contributed by atoms with E-state index in [-0.39, 0.29) is 16.7 Å². The molecule has 1 N–H and O–H groups in total. The highest BCUT2D eigenvalue weighted by Gasteiger charge is 2.60. The first-order chi connectivity index (χ1) is 13.8. The van der Waals surface area contributed by atoms with Crippen LogP contribution in [-0.2, 0) is 9.59 Å². The van der Waals surface area contributed by atoms with Crippen molar-refractivity contribution in [3.8, 4) is 0 Å². The fraction of sp³-hybridized carbons (Fsp3) is 0.840. The van der Waals surface area contributed by atoms with Gasteiger partial charge in [0.2, 0.25) is 5.91 Å². The van der Waals surface area contributed by atoms with E-state index >= 15 is 0 Å². The third-order valence-electron chi connectivity index (χ3n) is 10.1. The van der Waals surface area contributed by atoms with Crippen molar-refractivity contribution in [3.63, 3.8) is 0 Å². The summed E-state index contributed by atoms with van der Waals surface area (Å²) in [5.41, 5.74) is 1.41. The molecule has 5 aliphatic rings. The fourth-order valence-electron chi connectivity index (χ4n) is 8.34. The molecule has 0 radical (unpaired) electrons. The second kappa shape index (κ2) is 6.59.